The maximum Gasteiger partial charge on any atom is 0.270 e. The van der Waals surface area contributed by atoms with Gasteiger partial charge in [-0.3, -0.25) is 4.79 Å². The van der Waals surface area contributed by atoms with E-state index in [1.807, 2.05) is 23.2 Å². The SMILES string of the molecule is COC1CCN(C(=O)c2cccn2C2CCNCC2)C1. The first-order valence-corrected chi connectivity index (χ1v) is 7.49. The van der Waals surface area contributed by atoms with Gasteiger partial charge in [-0.2, -0.15) is 0 Å². The topological polar surface area (TPSA) is 46.5 Å². The molecule has 2 aliphatic rings. The highest BCUT2D eigenvalue weighted by Crippen LogP contribution is 2.23. The van der Waals surface area contributed by atoms with Crippen LogP contribution in [0.5, 0.6) is 0 Å². The Bertz CT molecular complexity index is 465. The van der Waals surface area contributed by atoms with Crippen molar-refractivity contribution in [2.24, 2.45) is 0 Å². The van der Waals surface area contributed by atoms with Crippen molar-refractivity contribution >= 4 is 5.91 Å². The highest BCUT2D eigenvalue weighted by atomic mass is 16.5. The van der Waals surface area contributed by atoms with Gasteiger partial charge in [-0.25, -0.2) is 0 Å². The molecular formula is C15H23N3O2. The number of aromatic nitrogens is 1. The van der Waals surface area contributed by atoms with Crippen LogP contribution in [0, 0.1) is 0 Å². The lowest BCUT2D eigenvalue weighted by molar-refractivity contribution is 0.0711. The first kappa shape index (κ1) is 13.6. The predicted octanol–water partition coefficient (Wildman–Crippen LogP) is 1.27. The van der Waals surface area contributed by atoms with Crippen LogP contribution in [0.4, 0.5) is 0 Å². The minimum atomic E-state index is 0.146. The summed E-state index contributed by atoms with van der Waals surface area (Å²) in [7, 11) is 1.72. The van der Waals surface area contributed by atoms with Crippen LogP contribution < -0.4 is 5.32 Å². The molecule has 110 valence electrons. The lowest BCUT2D eigenvalue weighted by Crippen LogP contribution is -2.34. The molecule has 1 amide bonds. The highest BCUT2D eigenvalue weighted by Gasteiger charge is 2.29. The molecule has 0 radical (unpaired) electrons. The fourth-order valence-electron chi connectivity index (χ4n) is 3.25. The fourth-order valence-corrected chi connectivity index (χ4v) is 3.25. The summed E-state index contributed by atoms with van der Waals surface area (Å²) >= 11 is 0. The van der Waals surface area contributed by atoms with E-state index in [1.54, 1.807) is 7.11 Å². The van der Waals surface area contributed by atoms with E-state index in [0.717, 1.165) is 44.6 Å². The number of hydrogen-bond donors (Lipinski definition) is 1. The maximum absolute atomic E-state index is 12.7. The number of rotatable bonds is 3. The van der Waals surface area contributed by atoms with Gasteiger partial charge in [0, 0.05) is 32.4 Å². The zero-order chi connectivity index (χ0) is 13.9. The number of methoxy groups -OCH3 is 1. The van der Waals surface area contributed by atoms with E-state index in [-0.39, 0.29) is 12.0 Å². The second kappa shape index (κ2) is 5.97. The van der Waals surface area contributed by atoms with Crippen LogP contribution >= 0.6 is 0 Å². The summed E-state index contributed by atoms with van der Waals surface area (Å²) in [5.41, 5.74) is 0.827. The normalized spacial score (nSPS) is 24.2. The largest absolute Gasteiger partial charge is 0.380 e. The average Bonchev–Trinajstić information content (AvgIpc) is 3.16. The molecule has 0 aliphatic carbocycles. The van der Waals surface area contributed by atoms with Crippen molar-refractivity contribution in [3.8, 4) is 0 Å². The maximum atomic E-state index is 12.7. The van der Waals surface area contributed by atoms with E-state index >= 15 is 0 Å². The number of piperidine rings is 1. The second-order valence-corrected chi connectivity index (χ2v) is 5.68. The molecule has 0 aromatic carbocycles. The quantitative estimate of drug-likeness (QED) is 0.905. The molecule has 1 atom stereocenters. The van der Waals surface area contributed by atoms with E-state index in [0.29, 0.717) is 12.6 Å². The van der Waals surface area contributed by atoms with Crippen LogP contribution in [0.3, 0.4) is 0 Å². The summed E-state index contributed by atoms with van der Waals surface area (Å²) in [6.45, 7) is 3.58. The summed E-state index contributed by atoms with van der Waals surface area (Å²) in [5, 5.41) is 3.37. The Kier molecular flexibility index (Phi) is 4.08. The minimum absolute atomic E-state index is 0.146. The molecule has 3 rings (SSSR count). The molecule has 2 fully saturated rings. The van der Waals surface area contributed by atoms with Gasteiger partial charge >= 0.3 is 0 Å². The smallest absolute Gasteiger partial charge is 0.270 e. The molecule has 1 aromatic rings. The van der Waals surface area contributed by atoms with Crippen molar-refractivity contribution in [1.29, 1.82) is 0 Å². The van der Waals surface area contributed by atoms with Crippen molar-refractivity contribution in [2.45, 2.75) is 31.4 Å². The number of nitrogens with one attached hydrogen (secondary N) is 1. The standard InChI is InChI=1S/C15H23N3O2/c1-20-13-6-10-17(11-13)15(19)14-3-2-9-18(14)12-4-7-16-8-5-12/h2-3,9,12-13,16H,4-8,10-11H2,1H3. The van der Waals surface area contributed by atoms with Gasteiger partial charge in [0.25, 0.3) is 5.91 Å². The molecule has 3 heterocycles. The van der Waals surface area contributed by atoms with Crippen LogP contribution in [0.1, 0.15) is 35.8 Å². The van der Waals surface area contributed by atoms with Gasteiger partial charge in [-0.15, -0.1) is 0 Å². The van der Waals surface area contributed by atoms with Gasteiger partial charge < -0.3 is 19.5 Å². The van der Waals surface area contributed by atoms with Crippen LogP contribution in [-0.2, 0) is 4.74 Å². The van der Waals surface area contributed by atoms with Crippen molar-refractivity contribution in [3.63, 3.8) is 0 Å². The van der Waals surface area contributed by atoms with Crippen molar-refractivity contribution in [1.82, 2.24) is 14.8 Å². The van der Waals surface area contributed by atoms with Crippen molar-refractivity contribution < 1.29 is 9.53 Å². The third kappa shape index (κ3) is 2.60. The predicted molar refractivity (Wildman–Crippen MR) is 76.9 cm³/mol. The molecule has 2 aliphatic heterocycles. The number of likely N-dealkylation sites (tertiary alicyclic amines) is 1. The molecular weight excluding hydrogens is 254 g/mol. The van der Waals surface area contributed by atoms with Gasteiger partial charge in [0.2, 0.25) is 0 Å². The number of nitrogens with zero attached hydrogens (tertiary/aromatic N) is 2. The zero-order valence-corrected chi connectivity index (χ0v) is 12.0. The molecule has 0 spiro atoms. The van der Waals surface area contributed by atoms with Crippen LogP contribution in [0.2, 0.25) is 0 Å². The summed E-state index contributed by atoms with van der Waals surface area (Å²) in [6, 6.07) is 4.38. The third-order valence-corrected chi connectivity index (χ3v) is 4.47. The minimum Gasteiger partial charge on any atom is -0.380 e. The van der Waals surface area contributed by atoms with E-state index < -0.39 is 0 Å². The monoisotopic (exact) mass is 277 g/mol. The Morgan fingerprint density at radius 3 is 2.85 bits per heavy atom. The number of ether oxygens (including phenoxy) is 1. The Morgan fingerprint density at radius 2 is 2.15 bits per heavy atom. The Balaban J connectivity index is 1.73. The summed E-state index contributed by atoms with van der Waals surface area (Å²) in [6.07, 6.45) is 5.37. The molecule has 5 heteroatoms. The van der Waals surface area contributed by atoms with E-state index in [9.17, 15) is 4.79 Å². The fraction of sp³-hybridized carbons (Fsp3) is 0.667. The van der Waals surface area contributed by atoms with Gasteiger partial charge in [-0.05, 0) is 44.5 Å². The Labute approximate surface area is 119 Å². The summed E-state index contributed by atoms with van der Waals surface area (Å²) in [4.78, 5) is 14.6. The van der Waals surface area contributed by atoms with Gasteiger partial charge in [0.15, 0.2) is 0 Å². The lowest BCUT2D eigenvalue weighted by Gasteiger charge is -2.27. The number of amides is 1. The summed E-state index contributed by atoms with van der Waals surface area (Å²) < 4.78 is 7.52. The average molecular weight is 277 g/mol. The third-order valence-electron chi connectivity index (χ3n) is 4.47. The number of carbonyl (C=O) groups is 1. The zero-order valence-electron chi connectivity index (χ0n) is 12.0. The molecule has 0 saturated carbocycles. The number of hydrogen-bond acceptors (Lipinski definition) is 3. The van der Waals surface area contributed by atoms with Crippen LogP contribution in [0.25, 0.3) is 0 Å². The molecule has 1 N–H and O–H groups in total. The molecule has 1 unspecified atom stereocenters. The van der Waals surface area contributed by atoms with Crippen molar-refractivity contribution in [2.75, 3.05) is 33.3 Å². The molecule has 0 bridgehead atoms. The van der Waals surface area contributed by atoms with E-state index in [4.69, 9.17) is 4.74 Å². The highest BCUT2D eigenvalue weighted by molar-refractivity contribution is 5.93. The van der Waals surface area contributed by atoms with Crippen molar-refractivity contribution in [3.05, 3.63) is 24.0 Å². The Morgan fingerprint density at radius 1 is 1.35 bits per heavy atom. The lowest BCUT2D eigenvalue weighted by atomic mass is 10.1. The number of carbonyl (C=O) groups excluding carboxylic acids is 1. The van der Waals surface area contributed by atoms with E-state index in [1.165, 1.54) is 0 Å². The first-order chi connectivity index (χ1) is 9.79. The molecule has 2 saturated heterocycles. The molecule has 1 aromatic heterocycles. The first-order valence-electron chi connectivity index (χ1n) is 7.49. The van der Waals surface area contributed by atoms with Gasteiger partial charge in [-0.1, -0.05) is 0 Å². The summed E-state index contributed by atoms with van der Waals surface area (Å²) in [5.74, 6) is 0.146. The Hall–Kier alpha value is -1.33. The molecule has 5 nitrogen and oxygen atoms in total. The van der Waals surface area contributed by atoms with Crippen LogP contribution in [0.15, 0.2) is 18.3 Å². The second-order valence-electron chi connectivity index (χ2n) is 5.68. The van der Waals surface area contributed by atoms with E-state index in [2.05, 4.69) is 9.88 Å². The van der Waals surface area contributed by atoms with Gasteiger partial charge in [0.1, 0.15) is 5.69 Å². The van der Waals surface area contributed by atoms with Gasteiger partial charge in [0.05, 0.1) is 6.10 Å². The molecule has 20 heavy (non-hydrogen) atoms. The van der Waals surface area contributed by atoms with Crippen LogP contribution in [-0.4, -0.2) is 54.8 Å².